The van der Waals surface area contributed by atoms with Crippen molar-refractivity contribution < 1.29 is 14.3 Å². The van der Waals surface area contributed by atoms with Crippen LogP contribution < -0.4 is 20.9 Å². The van der Waals surface area contributed by atoms with Crippen molar-refractivity contribution >= 4 is 50.5 Å². The number of methoxy groups -OCH3 is 1. The molecule has 3 rings (SSSR count). The third kappa shape index (κ3) is 5.70. The van der Waals surface area contributed by atoms with Gasteiger partial charge in [0.2, 0.25) is 0 Å². The van der Waals surface area contributed by atoms with Crippen LogP contribution in [0.5, 0.6) is 5.75 Å². The molecule has 32 heavy (non-hydrogen) atoms. The molecule has 1 aromatic heterocycles. The minimum Gasteiger partial charge on any atom is -0.497 e. The zero-order valence-electron chi connectivity index (χ0n) is 18.3. The number of nitrogens with zero attached hydrogens (tertiary/aromatic N) is 1. The second kappa shape index (κ2) is 11.2. The highest BCUT2D eigenvalue weighted by molar-refractivity contribution is 7.21. The number of halogens is 1. The Morgan fingerprint density at radius 3 is 2.38 bits per heavy atom. The maximum atomic E-state index is 12.6. The fraction of sp³-hybridized carbons (Fsp3) is 0.304. The van der Waals surface area contributed by atoms with Crippen LogP contribution in [-0.4, -0.2) is 50.0 Å². The molecule has 3 aromatic rings. The largest absolute Gasteiger partial charge is 0.497 e. The number of thiophene rings is 1. The van der Waals surface area contributed by atoms with Gasteiger partial charge in [0, 0.05) is 34.4 Å². The minimum atomic E-state index is -0.474. The Labute approximate surface area is 196 Å². The summed E-state index contributed by atoms with van der Waals surface area (Å²) in [6, 6.07) is 12.5. The Balaban J connectivity index is 1.55. The average Bonchev–Trinajstić information content (AvgIpc) is 3.16. The minimum absolute atomic E-state index is 0.322. The van der Waals surface area contributed by atoms with Crippen LogP contribution in [0.3, 0.4) is 0 Å². The van der Waals surface area contributed by atoms with Gasteiger partial charge in [-0.05, 0) is 55.6 Å². The SMILES string of the molecule is CCN(CC)CCNc1ccc(C(=O)NNC(=O)c2sc3cc(OC)ccc3c2Cl)cc1. The number of fused-ring (bicyclic) bond motifs is 1. The first kappa shape index (κ1) is 23.8. The highest BCUT2D eigenvalue weighted by atomic mass is 35.5. The van der Waals surface area contributed by atoms with Gasteiger partial charge in [-0.15, -0.1) is 11.3 Å². The predicted octanol–water partition coefficient (Wildman–Crippen LogP) is 4.39. The topological polar surface area (TPSA) is 82.7 Å². The van der Waals surface area contributed by atoms with E-state index in [-0.39, 0.29) is 0 Å². The van der Waals surface area contributed by atoms with Gasteiger partial charge >= 0.3 is 0 Å². The van der Waals surface area contributed by atoms with E-state index < -0.39 is 11.8 Å². The summed E-state index contributed by atoms with van der Waals surface area (Å²) in [6.45, 7) is 8.09. The van der Waals surface area contributed by atoms with Crippen LogP contribution in [-0.2, 0) is 0 Å². The molecular formula is C23H27ClN4O3S. The lowest BCUT2D eigenvalue weighted by Crippen LogP contribution is -2.41. The highest BCUT2D eigenvalue weighted by Crippen LogP contribution is 2.37. The number of hydrogen-bond acceptors (Lipinski definition) is 6. The standard InChI is InChI=1S/C23H27ClN4O3S/c1-4-28(5-2)13-12-25-16-8-6-15(7-9-16)22(29)26-27-23(30)21-20(24)18-11-10-17(31-3)14-19(18)32-21/h6-11,14,25H,4-5,12-13H2,1-3H3,(H,26,29)(H,27,30). The molecule has 0 bridgehead atoms. The van der Waals surface area contributed by atoms with Crippen molar-refractivity contribution in [3.8, 4) is 5.75 Å². The number of anilines is 1. The van der Waals surface area contributed by atoms with Crippen LogP contribution in [0.2, 0.25) is 5.02 Å². The van der Waals surface area contributed by atoms with Gasteiger partial charge in [-0.2, -0.15) is 0 Å². The van der Waals surface area contributed by atoms with E-state index in [1.807, 2.05) is 18.2 Å². The number of rotatable bonds is 9. The number of likely N-dealkylation sites (N-methyl/N-ethyl adjacent to an activating group) is 1. The second-order valence-corrected chi connectivity index (χ2v) is 8.48. The smallest absolute Gasteiger partial charge is 0.281 e. The van der Waals surface area contributed by atoms with Crippen molar-refractivity contribution in [2.75, 3.05) is 38.6 Å². The summed E-state index contributed by atoms with van der Waals surface area (Å²) in [5.74, 6) is -0.202. The molecular weight excluding hydrogens is 448 g/mol. The Kier molecular flexibility index (Phi) is 8.33. The Morgan fingerprint density at radius 2 is 1.72 bits per heavy atom. The molecule has 0 atom stereocenters. The molecule has 0 aliphatic heterocycles. The zero-order chi connectivity index (χ0) is 23.1. The van der Waals surface area contributed by atoms with Crippen LogP contribution in [0, 0.1) is 0 Å². The van der Waals surface area contributed by atoms with Gasteiger partial charge in [0.15, 0.2) is 0 Å². The molecule has 0 spiro atoms. The van der Waals surface area contributed by atoms with Gasteiger partial charge in [0.05, 0.1) is 12.1 Å². The van der Waals surface area contributed by atoms with Crippen molar-refractivity contribution in [2.45, 2.75) is 13.8 Å². The van der Waals surface area contributed by atoms with E-state index in [4.69, 9.17) is 16.3 Å². The summed E-state index contributed by atoms with van der Waals surface area (Å²) in [6.07, 6.45) is 0. The molecule has 1 heterocycles. The number of hydrazine groups is 1. The van der Waals surface area contributed by atoms with E-state index in [2.05, 4.69) is 34.9 Å². The van der Waals surface area contributed by atoms with Crippen molar-refractivity contribution in [1.82, 2.24) is 15.8 Å². The number of benzene rings is 2. The van der Waals surface area contributed by atoms with E-state index in [1.54, 1.807) is 31.4 Å². The molecule has 0 saturated carbocycles. The molecule has 0 unspecified atom stereocenters. The number of carbonyl (C=O) groups is 2. The highest BCUT2D eigenvalue weighted by Gasteiger charge is 2.18. The summed E-state index contributed by atoms with van der Waals surface area (Å²) in [5.41, 5.74) is 6.25. The molecule has 9 heteroatoms. The first-order valence-electron chi connectivity index (χ1n) is 10.4. The summed E-state index contributed by atoms with van der Waals surface area (Å²) in [7, 11) is 1.58. The molecule has 2 amide bonds. The van der Waals surface area contributed by atoms with Crippen LogP contribution in [0.25, 0.3) is 10.1 Å². The fourth-order valence-corrected chi connectivity index (χ4v) is 4.64. The third-order valence-corrected chi connectivity index (χ3v) is 6.79. The van der Waals surface area contributed by atoms with Crippen molar-refractivity contribution in [3.05, 3.63) is 57.9 Å². The summed E-state index contributed by atoms with van der Waals surface area (Å²) in [5, 5.41) is 4.45. The number of amides is 2. The van der Waals surface area contributed by atoms with E-state index in [0.717, 1.165) is 42.0 Å². The second-order valence-electron chi connectivity index (χ2n) is 7.05. The van der Waals surface area contributed by atoms with Gasteiger partial charge in [0.25, 0.3) is 11.8 Å². The van der Waals surface area contributed by atoms with E-state index in [1.165, 1.54) is 11.3 Å². The maximum Gasteiger partial charge on any atom is 0.281 e. The maximum absolute atomic E-state index is 12.6. The van der Waals surface area contributed by atoms with Crippen molar-refractivity contribution in [2.24, 2.45) is 0 Å². The number of ether oxygens (including phenoxy) is 1. The monoisotopic (exact) mass is 474 g/mol. The number of nitrogens with one attached hydrogen (secondary N) is 3. The van der Waals surface area contributed by atoms with Gasteiger partial charge in [-0.3, -0.25) is 20.4 Å². The van der Waals surface area contributed by atoms with E-state index in [9.17, 15) is 9.59 Å². The number of carbonyl (C=O) groups excluding carboxylic acids is 2. The third-order valence-electron chi connectivity index (χ3n) is 5.13. The molecule has 170 valence electrons. The fourth-order valence-electron chi connectivity index (χ4n) is 3.20. The molecule has 0 saturated heterocycles. The van der Waals surface area contributed by atoms with Crippen LogP contribution in [0.15, 0.2) is 42.5 Å². The quantitative estimate of drug-likeness (QED) is 0.400. The molecule has 7 nitrogen and oxygen atoms in total. The molecule has 2 aromatic carbocycles. The lowest BCUT2D eigenvalue weighted by Gasteiger charge is -2.18. The normalized spacial score (nSPS) is 10.9. The van der Waals surface area contributed by atoms with Gasteiger partial charge in [0.1, 0.15) is 10.6 Å². The van der Waals surface area contributed by atoms with E-state index in [0.29, 0.717) is 21.2 Å². The molecule has 3 N–H and O–H groups in total. The van der Waals surface area contributed by atoms with Gasteiger partial charge in [-0.25, -0.2) is 0 Å². The van der Waals surface area contributed by atoms with Crippen LogP contribution >= 0.6 is 22.9 Å². The lowest BCUT2D eigenvalue weighted by atomic mass is 10.2. The Morgan fingerprint density at radius 1 is 1.03 bits per heavy atom. The van der Waals surface area contributed by atoms with Gasteiger partial charge in [-0.1, -0.05) is 25.4 Å². The first-order chi connectivity index (χ1) is 15.5. The summed E-state index contributed by atoms with van der Waals surface area (Å²) >= 11 is 7.60. The molecule has 0 aliphatic carbocycles. The first-order valence-corrected chi connectivity index (χ1v) is 11.6. The summed E-state index contributed by atoms with van der Waals surface area (Å²) in [4.78, 5) is 27.6. The van der Waals surface area contributed by atoms with Crippen molar-refractivity contribution in [1.29, 1.82) is 0 Å². The Hall–Kier alpha value is -2.81. The predicted molar refractivity (Wildman–Crippen MR) is 131 cm³/mol. The zero-order valence-corrected chi connectivity index (χ0v) is 19.9. The van der Waals surface area contributed by atoms with E-state index >= 15 is 0 Å². The molecule has 0 aliphatic rings. The van der Waals surface area contributed by atoms with Crippen molar-refractivity contribution in [3.63, 3.8) is 0 Å². The average molecular weight is 475 g/mol. The van der Waals surface area contributed by atoms with Crippen LogP contribution in [0.1, 0.15) is 33.9 Å². The molecule has 0 radical (unpaired) electrons. The summed E-state index contributed by atoms with van der Waals surface area (Å²) < 4.78 is 6.04. The molecule has 0 fully saturated rings. The number of hydrogen-bond donors (Lipinski definition) is 3. The lowest BCUT2D eigenvalue weighted by molar-refractivity contribution is 0.0849. The van der Waals surface area contributed by atoms with Gasteiger partial charge < -0.3 is 15.0 Å². The van der Waals surface area contributed by atoms with Crippen LogP contribution in [0.4, 0.5) is 5.69 Å². The Bertz CT molecular complexity index is 1080.